The smallest absolute Gasteiger partial charge is 0.117 e. The molecule has 2 aromatic rings. The Morgan fingerprint density at radius 3 is 2.92 bits per heavy atom. The van der Waals surface area contributed by atoms with Crippen LogP contribution in [0.2, 0.25) is 0 Å². The fourth-order valence-corrected chi connectivity index (χ4v) is 1.65. The van der Waals surface area contributed by atoms with Gasteiger partial charge in [0.1, 0.15) is 5.69 Å². The van der Waals surface area contributed by atoms with Crippen LogP contribution < -0.4 is 0 Å². The van der Waals surface area contributed by atoms with Gasteiger partial charge in [0.2, 0.25) is 0 Å². The molecule has 0 radical (unpaired) electrons. The predicted octanol–water partition coefficient (Wildman–Crippen LogP) is 3.40. The van der Waals surface area contributed by atoms with Crippen molar-refractivity contribution in [3.63, 3.8) is 0 Å². The minimum Gasteiger partial charge on any atom is -0.255 e. The van der Waals surface area contributed by atoms with E-state index in [4.69, 9.17) is 0 Å². The molecule has 1 heterocycles. The molecule has 0 bridgehead atoms. The molecule has 3 nitrogen and oxygen atoms in total. The highest BCUT2D eigenvalue weighted by molar-refractivity contribution is 9.10. The summed E-state index contributed by atoms with van der Waals surface area (Å²) in [5, 5.41) is 3.70. The highest BCUT2D eigenvalue weighted by atomic mass is 79.9. The first-order valence-electron chi connectivity index (χ1n) is 3.69. The van der Waals surface area contributed by atoms with Gasteiger partial charge in [-0.1, -0.05) is 0 Å². The number of nitroso groups, excluding NO2 is 1. The molecule has 0 unspecified atom stereocenters. The number of aromatic nitrogens is 1. The summed E-state index contributed by atoms with van der Waals surface area (Å²) in [6.07, 6.45) is 1.68. The second kappa shape index (κ2) is 3.22. The van der Waals surface area contributed by atoms with E-state index >= 15 is 0 Å². The number of nitrogens with zero attached hydrogens (tertiary/aromatic N) is 2. The Bertz CT molecular complexity index is 470. The summed E-state index contributed by atoms with van der Waals surface area (Å²) < 4.78 is 0.871. The fraction of sp³-hybridized carbons (Fsp3) is 0. The number of hydrogen-bond donors (Lipinski definition) is 0. The van der Waals surface area contributed by atoms with Crippen molar-refractivity contribution >= 4 is 32.5 Å². The van der Waals surface area contributed by atoms with E-state index in [-0.39, 0.29) is 0 Å². The fourth-order valence-electron chi connectivity index (χ4n) is 1.20. The van der Waals surface area contributed by atoms with Crippen LogP contribution in [0.4, 0.5) is 5.69 Å². The van der Waals surface area contributed by atoms with E-state index in [0.29, 0.717) is 5.69 Å². The quantitative estimate of drug-likeness (QED) is 0.713. The number of rotatable bonds is 1. The predicted molar refractivity (Wildman–Crippen MR) is 54.9 cm³/mol. The van der Waals surface area contributed by atoms with Crippen LogP contribution in [0.1, 0.15) is 0 Å². The molecular formula is C9H5BrN2O. The first kappa shape index (κ1) is 8.31. The molecule has 0 N–H and O–H groups in total. The standard InChI is InChI=1S/C9H5BrN2O/c10-7-3-4-8(12-13)6-2-1-5-11-9(6)7/h1-5H. The van der Waals surface area contributed by atoms with Crippen molar-refractivity contribution in [2.24, 2.45) is 5.18 Å². The third-order valence-electron chi connectivity index (χ3n) is 1.80. The Morgan fingerprint density at radius 2 is 2.15 bits per heavy atom. The van der Waals surface area contributed by atoms with E-state index in [1.165, 1.54) is 0 Å². The zero-order valence-corrected chi connectivity index (χ0v) is 8.15. The van der Waals surface area contributed by atoms with Gasteiger partial charge < -0.3 is 0 Å². The van der Waals surface area contributed by atoms with E-state index < -0.39 is 0 Å². The van der Waals surface area contributed by atoms with Crippen LogP contribution in [0.15, 0.2) is 40.1 Å². The van der Waals surface area contributed by atoms with Gasteiger partial charge >= 0.3 is 0 Å². The Kier molecular flexibility index (Phi) is 2.06. The Hall–Kier alpha value is -1.29. The lowest BCUT2D eigenvalue weighted by molar-refractivity contribution is 1.39. The van der Waals surface area contributed by atoms with Gasteiger partial charge in [-0.15, -0.1) is 4.91 Å². The molecule has 0 fully saturated rings. The summed E-state index contributed by atoms with van der Waals surface area (Å²) in [4.78, 5) is 14.6. The molecule has 4 heteroatoms. The minimum atomic E-state index is 0.423. The summed E-state index contributed by atoms with van der Waals surface area (Å²) in [5.74, 6) is 0. The average molecular weight is 237 g/mol. The van der Waals surface area contributed by atoms with E-state index in [1.54, 1.807) is 24.4 Å². The second-order valence-electron chi connectivity index (χ2n) is 2.56. The molecule has 0 spiro atoms. The van der Waals surface area contributed by atoms with E-state index in [0.717, 1.165) is 15.4 Å². The van der Waals surface area contributed by atoms with E-state index in [9.17, 15) is 4.91 Å². The number of pyridine rings is 1. The van der Waals surface area contributed by atoms with Crippen molar-refractivity contribution in [3.8, 4) is 0 Å². The molecule has 0 saturated carbocycles. The largest absolute Gasteiger partial charge is 0.255 e. The lowest BCUT2D eigenvalue weighted by atomic mass is 10.2. The third kappa shape index (κ3) is 1.33. The SMILES string of the molecule is O=Nc1ccc(Br)c2ncccc12. The maximum absolute atomic E-state index is 10.4. The lowest BCUT2D eigenvalue weighted by Crippen LogP contribution is -1.79. The van der Waals surface area contributed by atoms with Crippen LogP contribution in [0, 0.1) is 4.91 Å². The van der Waals surface area contributed by atoms with Crippen LogP contribution in [0.25, 0.3) is 10.9 Å². The van der Waals surface area contributed by atoms with Gasteiger partial charge in [0, 0.05) is 16.1 Å². The number of hydrogen-bond acceptors (Lipinski definition) is 3. The maximum Gasteiger partial charge on any atom is 0.117 e. The molecule has 0 aliphatic carbocycles. The monoisotopic (exact) mass is 236 g/mol. The Balaban J connectivity index is 2.92. The number of fused-ring (bicyclic) bond motifs is 1. The normalized spacial score (nSPS) is 10.2. The van der Waals surface area contributed by atoms with Crippen LogP contribution in [-0.4, -0.2) is 4.98 Å². The number of benzene rings is 1. The molecule has 0 aliphatic heterocycles. The van der Waals surface area contributed by atoms with Gasteiger partial charge in [-0.3, -0.25) is 4.98 Å². The van der Waals surface area contributed by atoms with E-state index in [1.807, 2.05) is 6.07 Å². The van der Waals surface area contributed by atoms with Crippen LogP contribution in [0.3, 0.4) is 0 Å². The zero-order chi connectivity index (χ0) is 9.26. The van der Waals surface area contributed by atoms with Crippen LogP contribution in [0.5, 0.6) is 0 Å². The maximum atomic E-state index is 10.4. The van der Waals surface area contributed by atoms with Crippen molar-refractivity contribution in [1.82, 2.24) is 4.98 Å². The first-order chi connectivity index (χ1) is 6.33. The summed E-state index contributed by atoms with van der Waals surface area (Å²) in [7, 11) is 0. The number of halogens is 1. The molecule has 1 aromatic carbocycles. The minimum absolute atomic E-state index is 0.423. The highest BCUT2D eigenvalue weighted by Gasteiger charge is 2.04. The van der Waals surface area contributed by atoms with Gasteiger partial charge in [-0.05, 0) is 45.4 Å². The molecule has 0 aliphatic rings. The van der Waals surface area contributed by atoms with Gasteiger partial charge in [-0.25, -0.2) is 0 Å². The second-order valence-corrected chi connectivity index (χ2v) is 3.41. The van der Waals surface area contributed by atoms with Gasteiger partial charge in [0.05, 0.1) is 5.52 Å². The van der Waals surface area contributed by atoms with E-state index in [2.05, 4.69) is 26.1 Å². The molecule has 0 saturated heterocycles. The molecule has 0 amide bonds. The zero-order valence-electron chi connectivity index (χ0n) is 6.57. The van der Waals surface area contributed by atoms with Crippen molar-refractivity contribution in [2.75, 3.05) is 0 Å². The average Bonchev–Trinajstić information content (AvgIpc) is 2.19. The summed E-state index contributed by atoms with van der Waals surface area (Å²) in [5.41, 5.74) is 1.19. The Labute approximate surface area is 82.9 Å². The van der Waals surface area contributed by atoms with Crippen molar-refractivity contribution in [3.05, 3.63) is 39.8 Å². The van der Waals surface area contributed by atoms with Crippen molar-refractivity contribution in [2.45, 2.75) is 0 Å². The summed E-state index contributed by atoms with van der Waals surface area (Å²) in [6, 6.07) is 7.04. The summed E-state index contributed by atoms with van der Waals surface area (Å²) in [6.45, 7) is 0. The summed E-state index contributed by atoms with van der Waals surface area (Å²) >= 11 is 3.35. The molecular weight excluding hydrogens is 232 g/mol. The lowest BCUT2D eigenvalue weighted by Gasteiger charge is -1.99. The first-order valence-corrected chi connectivity index (χ1v) is 4.49. The van der Waals surface area contributed by atoms with Gasteiger partial charge in [-0.2, -0.15) is 0 Å². The Morgan fingerprint density at radius 1 is 1.31 bits per heavy atom. The third-order valence-corrected chi connectivity index (χ3v) is 2.44. The molecule has 2 rings (SSSR count). The highest BCUT2D eigenvalue weighted by Crippen LogP contribution is 2.29. The molecule has 64 valence electrons. The van der Waals surface area contributed by atoms with Gasteiger partial charge in [0.25, 0.3) is 0 Å². The molecule has 0 atom stereocenters. The van der Waals surface area contributed by atoms with Crippen molar-refractivity contribution in [1.29, 1.82) is 0 Å². The van der Waals surface area contributed by atoms with Crippen LogP contribution in [-0.2, 0) is 0 Å². The van der Waals surface area contributed by atoms with Crippen molar-refractivity contribution < 1.29 is 0 Å². The molecule has 1 aromatic heterocycles. The molecule has 13 heavy (non-hydrogen) atoms. The topological polar surface area (TPSA) is 42.3 Å². The van der Waals surface area contributed by atoms with Gasteiger partial charge in [0.15, 0.2) is 0 Å². The van der Waals surface area contributed by atoms with Crippen LogP contribution >= 0.6 is 15.9 Å².